The van der Waals surface area contributed by atoms with Crippen LogP contribution < -0.4 is 5.32 Å². The maximum atomic E-state index is 4.85. The largest absolute Gasteiger partial charge is 0.368 e. The van der Waals surface area contributed by atoms with E-state index in [0.29, 0.717) is 0 Å². The predicted octanol–water partition coefficient (Wildman–Crippen LogP) is 2.61. The van der Waals surface area contributed by atoms with Gasteiger partial charge in [-0.05, 0) is 45.3 Å². The highest BCUT2D eigenvalue weighted by molar-refractivity contribution is 7.18. The lowest BCUT2D eigenvalue weighted by Crippen LogP contribution is -2.20. The molecule has 4 heterocycles. The van der Waals surface area contributed by atoms with Crippen molar-refractivity contribution in [1.29, 1.82) is 0 Å². The predicted molar refractivity (Wildman–Crippen MR) is 99.9 cm³/mol. The molecule has 0 spiro atoms. The highest BCUT2D eigenvalue weighted by Gasteiger charge is 2.18. The van der Waals surface area contributed by atoms with E-state index in [1.807, 2.05) is 10.9 Å². The third-order valence-electron chi connectivity index (χ3n) is 4.74. The summed E-state index contributed by atoms with van der Waals surface area (Å²) in [5, 5.41) is 12.5. The van der Waals surface area contributed by atoms with Gasteiger partial charge in [-0.25, -0.2) is 9.97 Å². The molecule has 1 fully saturated rings. The summed E-state index contributed by atoms with van der Waals surface area (Å²) in [5.41, 5.74) is 1.27. The molecule has 0 aliphatic carbocycles. The van der Waals surface area contributed by atoms with Gasteiger partial charge in [0, 0.05) is 17.6 Å². The second kappa shape index (κ2) is 7.05. The van der Waals surface area contributed by atoms with Crippen LogP contribution >= 0.6 is 11.3 Å². The number of anilines is 1. The molecule has 1 N–H and O–H groups in total. The Morgan fingerprint density at radius 2 is 2.04 bits per heavy atom. The molecule has 0 aromatic carbocycles. The van der Waals surface area contributed by atoms with Crippen LogP contribution in [0.2, 0.25) is 0 Å². The molecular formula is C17H23N7S. The third-order valence-corrected chi connectivity index (χ3v) is 5.85. The number of likely N-dealkylation sites (tertiary alicyclic amines) is 1. The van der Waals surface area contributed by atoms with Crippen LogP contribution in [0.3, 0.4) is 0 Å². The normalized spacial score (nSPS) is 15.3. The highest BCUT2D eigenvalue weighted by Crippen LogP contribution is 2.33. The standard InChI is InChI=1S/C17H23N7S/c1-12-13(2)25-17-15(12)16(18-5-9-24-10-6-19-22-24)20-14(21-17)11-23-7-3-4-8-23/h6,10H,3-5,7-9,11H2,1-2H3,(H,18,20,21). The van der Waals surface area contributed by atoms with E-state index < -0.39 is 0 Å². The van der Waals surface area contributed by atoms with Gasteiger partial charge in [-0.3, -0.25) is 9.58 Å². The van der Waals surface area contributed by atoms with Crippen molar-refractivity contribution in [3.8, 4) is 0 Å². The van der Waals surface area contributed by atoms with Gasteiger partial charge in [-0.1, -0.05) is 5.21 Å². The van der Waals surface area contributed by atoms with Crippen molar-refractivity contribution in [2.75, 3.05) is 25.0 Å². The second-order valence-corrected chi connectivity index (χ2v) is 7.73. The van der Waals surface area contributed by atoms with Gasteiger partial charge >= 0.3 is 0 Å². The molecule has 3 aromatic rings. The monoisotopic (exact) mass is 357 g/mol. The zero-order valence-electron chi connectivity index (χ0n) is 14.7. The summed E-state index contributed by atoms with van der Waals surface area (Å²) in [6.07, 6.45) is 6.13. The highest BCUT2D eigenvalue weighted by atomic mass is 32.1. The average Bonchev–Trinajstić information content (AvgIpc) is 3.32. The van der Waals surface area contributed by atoms with E-state index in [4.69, 9.17) is 9.97 Å². The molecule has 0 unspecified atom stereocenters. The Labute approximate surface area is 151 Å². The van der Waals surface area contributed by atoms with Crippen molar-refractivity contribution >= 4 is 27.4 Å². The average molecular weight is 357 g/mol. The fourth-order valence-electron chi connectivity index (χ4n) is 3.27. The number of hydrogen-bond acceptors (Lipinski definition) is 7. The Bertz CT molecular complexity index is 850. The Morgan fingerprint density at radius 3 is 2.80 bits per heavy atom. The Morgan fingerprint density at radius 1 is 1.20 bits per heavy atom. The summed E-state index contributed by atoms with van der Waals surface area (Å²) < 4.78 is 1.82. The third kappa shape index (κ3) is 3.50. The van der Waals surface area contributed by atoms with Gasteiger partial charge in [0.25, 0.3) is 0 Å². The number of fused-ring (bicyclic) bond motifs is 1. The summed E-state index contributed by atoms with van der Waals surface area (Å²) in [6, 6.07) is 0. The molecule has 1 saturated heterocycles. The van der Waals surface area contributed by atoms with E-state index >= 15 is 0 Å². The Kier molecular flexibility index (Phi) is 4.63. The van der Waals surface area contributed by atoms with Crippen LogP contribution in [0.4, 0.5) is 5.82 Å². The van der Waals surface area contributed by atoms with E-state index in [0.717, 1.165) is 54.6 Å². The van der Waals surface area contributed by atoms with Gasteiger partial charge in [-0.15, -0.1) is 16.4 Å². The summed E-state index contributed by atoms with van der Waals surface area (Å²) in [6.45, 7) is 8.96. The molecule has 0 bridgehead atoms. The fourth-order valence-corrected chi connectivity index (χ4v) is 4.32. The molecule has 7 nitrogen and oxygen atoms in total. The van der Waals surface area contributed by atoms with Gasteiger partial charge in [0.1, 0.15) is 16.5 Å². The summed E-state index contributed by atoms with van der Waals surface area (Å²) in [4.78, 5) is 14.5. The molecule has 132 valence electrons. The molecule has 25 heavy (non-hydrogen) atoms. The molecule has 1 aliphatic heterocycles. The fraction of sp³-hybridized carbons (Fsp3) is 0.529. The number of thiophene rings is 1. The maximum absolute atomic E-state index is 4.85. The number of nitrogens with one attached hydrogen (secondary N) is 1. The van der Waals surface area contributed by atoms with E-state index in [9.17, 15) is 0 Å². The van der Waals surface area contributed by atoms with Gasteiger partial charge < -0.3 is 5.32 Å². The Balaban J connectivity index is 1.59. The van der Waals surface area contributed by atoms with E-state index in [-0.39, 0.29) is 0 Å². The molecule has 8 heteroatoms. The van der Waals surface area contributed by atoms with Crippen molar-refractivity contribution in [2.45, 2.75) is 39.8 Å². The van der Waals surface area contributed by atoms with E-state index in [2.05, 4.69) is 34.4 Å². The van der Waals surface area contributed by atoms with Crippen molar-refractivity contribution in [3.05, 3.63) is 28.7 Å². The van der Waals surface area contributed by atoms with Gasteiger partial charge in [0.15, 0.2) is 0 Å². The maximum Gasteiger partial charge on any atom is 0.146 e. The number of hydrogen-bond donors (Lipinski definition) is 1. The van der Waals surface area contributed by atoms with Crippen LogP contribution in [0.5, 0.6) is 0 Å². The molecule has 4 rings (SSSR count). The van der Waals surface area contributed by atoms with Crippen LogP contribution in [-0.2, 0) is 13.1 Å². The Hall–Kier alpha value is -2.06. The van der Waals surface area contributed by atoms with E-state index in [1.165, 1.54) is 23.3 Å². The van der Waals surface area contributed by atoms with E-state index in [1.54, 1.807) is 17.5 Å². The van der Waals surface area contributed by atoms with Crippen molar-refractivity contribution < 1.29 is 0 Å². The van der Waals surface area contributed by atoms with Crippen molar-refractivity contribution in [2.24, 2.45) is 0 Å². The van der Waals surface area contributed by atoms with Crippen molar-refractivity contribution in [1.82, 2.24) is 29.9 Å². The minimum Gasteiger partial charge on any atom is -0.368 e. The SMILES string of the molecule is Cc1sc2nc(CN3CCCC3)nc(NCCn3ccnn3)c2c1C. The second-order valence-electron chi connectivity index (χ2n) is 6.53. The van der Waals surface area contributed by atoms with Crippen LogP contribution in [0.15, 0.2) is 12.4 Å². The first-order chi connectivity index (χ1) is 12.2. The van der Waals surface area contributed by atoms with Crippen LogP contribution in [0, 0.1) is 13.8 Å². The summed E-state index contributed by atoms with van der Waals surface area (Å²) >= 11 is 1.76. The zero-order chi connectivity index (χ0) is 17.2. The van der Waals surface area contributed by atoms with Gasteiger partial charge in [-0.2, -0.15) is 0 Å². The summed E-state index contributed by atoms with van der Waals surface area (Å²) in [7, 11) is 0. The first kappa shape index (κ1) is 16.4. The summed E-state index contributed by atoms with van der Waals surface area (Å²) in [5.74, 6) is 1.86. The quantitative estimate of drug-likeness (QED) is 0.731. The van der Waals surface area contributed by atoms with Gasteiger partial charge in [0.05, 0.1) is 24.7 Å². The van der Waals surface area contributed by atoms with Crippen molar-refractivity contribution in [3.63, 3.8) is 0 Å². The minimum atomic E-state index is 0.757. The number of aromatic nitrogens is 5. The zero-order valence-corrected chi connectivity index (χ0v) is 15.5. The number of rotatable bonds is 6. The smallest absolute Gasteiger partial charge is 0.146 e. The lowest BCUT2D eigenvalue weighted by molar-refractivity contribution is 0.323. The van der Waals surface area contributed by atoms with Crippen LogP contribution in [0.25, 0.3) is 10.2 Å². The first-order valence-electron chi connectivity index (χ1n) is 8.77. The molecule has 3 aromatic heterocycles. The van der Waals surface area contributed by atoms with Crippen LogP contribution in [-0.4, -0.2) is 49.5 Å². The lowest BCUT2D eigenvalue weighted by Gasteiger charge is -2.15. The lowest BCUT2D eigenvalue weighted by atomic mass is 10.2. The number of aryl methyl sites for hydroxylation is 2. The van der Waals surface area contributed by atoms with Crippen LogP contribution in [0.1, 0.15) is 29.1 Å². The molecule has 0 atom stereocenters. The first-order valence-corrected chi connectivity index (χ1v) is 9.59. The topological polar surface area (TPSA) is 71.8 Å². The molecule has 0 amide bonds. The number of nitrogens with zero attached hydrogens (tertiary/aromatic N) is 6. The molecule has 0 saturated carbocycles. The molecular weight excluding hydrogens is 334 g/mol. The minimum absolute atomic E-state index is 0.757. The molecule has 1 aliphatic rings. The molecule has 0 radical (unpaired) electrons. The van der Waals surface area contributed by atoms with Gasteiger partial charge in [0.2, 0.25) is 0 Å².